The molecule has 2 N–H and O–H groups in total. The smallest absolute Gasteiger partial charge is 0.204 e. The van der Waals surface area contributed by atoms with E-state index in [1.54, 1.807) is 7.11 Å². The molecule has 0 radical (unpaired) electrons. The molecule has 0 spiro atoms. The standard InChI is InChI=1S/C12H23N5O/c1-9(6-7-17(3)4)16-12-10(18-5)11(13-2)14-8-15-12/h8-9H,6-7H2,1-5H3,(H2,13,14,15,16). The van der Waals surface area contributed by atoms with Crippen LogP contribution in [0.15, 0.2) is 6.33 Å². The van der Waals surface area contributed by atoms with E-state index in [-0.39, 0.29) is 0 Å². The van der Waals surface area contributed by atoms with Crippen molar-refractivity contribution in [3.63, 3.8) is 0 Å². The Kier molecular flexibility index (Phi) is 5.64. The van der Waals surface area contributed by atoms with Crippen molar-refractivity contribution < 1.29 is 4.74 Å². The van der Waals surface area contributed by atoms with Gasteiger partial charge in [0.2, 0.25) is 5.75 Å². The lowest BCUT2D eigenvalue weighted by Crippen LogP contribution is -2.23. The van der Waals surface area contributed by atoms with Crippen LogP contribution in [-0.4, -0.2) is 55.7 Å². The monoisotopic (exact) mass is 253 g/mol. The SMILES string of the molecule is CNc1ncnc(NC(C)CCN(C)C)c1OC. The van der Waals surface area contributed by atoms with Crippen molar-refractivity contribution in [3.8, 4) is 5.75 Å². The Morgan fingerprint density at radius 2 is 2.00 bits per heavy atom. The number of hydrogen-bond donors (Lipinski definition) is 2. The Balaban J connectivity index is 2.71. The fraction of sp³-hybridized carbons (Fsp3) is 0.667. The van der Waals surface area contributed by atoms with Crippen molar-refractivity contribution in [2.24, 2.45) is 0 Å². The molecular weight excluding hydrogens is 230 g/mol. The van der Waals surface area contributed by atoms with Gasteiger partial charge in [0, 0.05) is 13.1 Å². The van der Waals surface area contributed by atoms with Gasteiger partial charge in [0.1, 0.15) is 6.33 Å². The average molecular weight is 253 g/mol. The van der Waals surface area contributed by atoms with Crippen molar-refractivity contribution >= 4 is 11.6 Å². The first-order valence-electron chi connectivity index (χ1n) is 6.06. The molecule has 18 heavy (non-hydrogen) atoms. The van der Waals surface area contributed by atoms with Crippen LogP contribution in [0.25, 0.3) is 0 Å². The molecule has 6 heteroatoms. The van der Waals surface area contributed by atoms with Gasteiger partial charge in [0.15, 0.2) is 11.6 Å². The number of anilines is 2. The maximum atomic E-state index is 5.33. The molecule has 0 aliphatic carbocycles. The highest BCUT2D eigenvalue weighted by Crippen LogP contribution is 2.28. The van der Waals surface area contributed by atoms with Gasteiger partial charge in [-0.15, -0.1) is 0 Å². The Morgan fingerprint density at radius 1 is 1.33 bits per heavy atom. The number of hydrogen-bond acceptors (Lipinski definition) is 6. The van der Waals surface area contributed by atoms with Crippen LogP contribution in [-0.2, 0) is 0 Å². The highest BCUT2D eigenvalue weighted by molar-refractivity contribution is 5.63. The van der Waals surface area contributed by atoms with Crippen molar-refractivity contribution in [2.75, 3.05) is 45.4 Å². The van der Waals surface area contributed by atoms with Gasteiger partial charge in [0.05, 0.1) is 7.11 Å². The Hall–Kier alpha value is -1.56. The summed E-state index contributed by atoms with van der Waals surface area (Å²) in [5.41, 5.74) is 0. The molecule has 0 aliphatic rings. The van der Waals surface area contributed by atoms with Crippen LogP contribution >= 0.6 is 0 Å². The van der Waals surface area contributed by atoms with E-state index in [0.29, 0.717) is 17.6 Å². The van der Waals surface area contributed by atoms with E-state index in [2.05, 4.69) is 46.5 Å². The topological polar surface area (TPSA) is 62.3 Å². The van der Waals surface area contributed by atoms with E-state index in [4.69, 9.17) is 4.74 Å². The van der Waals surface area contributed by atoms with Gasteiger partial charge in [-0.05, 0) is 34.0 Å². The first-order valence-corrected chi connectivity index (χ1v) is 6.06. The van der Waals surface area contributed by atoms with Crippen LogP contribution in [0.3, 0.4) is 0 Å². The van der Waals surface area contributed by atoms with Gasteiger partial charge in [-0.1, -0.05) is 0 Å². The lowest BCUT2D eigenvalue weighted by atomic mass is 10.2. The lowest BCUT2D eigenvalue weighted by molar-refractivity contribution is 0.388. The Bertz CT molecular complexity index is 369. The van der Waals surface area contributed by atoms with Crippen LogP contribution < -0.4 is 15.4 Å². The molecule has 1 aromatic rings. The zero-order valence-electron chi connectivity index (χ0n) is 11.8. The normalized spacial score (nSPS) is 12.3. The van der Waals surface area contributed by atoms with E-state index < -0.39 is 0 Å². The van der Waals surface area contributed by atoms with Crippen LogP contribution in [0.4, 0.5) is 11.6 Å². The maximum absolute atomic E-state index is 5.33. The van der Waals surface area contributed by atoms with Gasteiger partial charge < -0.3 is 20.3 Å². The minimum Gasteiger partial charge on any atom is -0.490 e. The summed E-state index contributed by atoms with van der Waals surface area (Å²) in [7, 11) is 7.56. The Labute approximate surface area is 109 Å². The number of aromatic nitrogens is 2. The molecule has 0 bridgehead atoms. The average Bonchev–Trinajstić information content (AvgIpc) is 2.36. The third-order valence-electron chi connectivity index (χ3n) is 2.64. The molecule has 0 aromatic carbocycles. The number of rotatable bonds is 7. The van der Waals surface area contributed by atoms with Crippen molar-refractivity contribution in [1.82, 2.24) is 14.9 Å². The highest BCUT2D eigenvalue weighted by Gasteiger charge is 2.13. The maximum Gasteiger partial charge on any atom is 0.204 e. The van der Waals surface area contributed by atoms with E-state index in [1.165, 1.54) is 6.33 Å². The summed E-state index contributed by atoms with van der Waals surface area (Å²) < 4.78 is 5.33. The first-order chi connectivity index (χ1) is 8.58. The molecule has 0 amide bonds. The summed E-state index contributed by atoms with van der Waals surface area (Å²) in [6, 6.07) is 0.320. The minimum atomic E-state index is 0.320. The van der Waals surface area contributed by atoms with E-state index in [9.17, 15) is 0 Å². The van der Waals surface area contributed by atoms with Crippen LogP contribution in [0.1, 0.15) is 13.3 Å². The summed E-state index contributed by atoms with van der Waals surface area (Å²) in [6.45, 7) is 3.16. The van der Waals surface area contributed by atoms with Gasteiger partial charge in [-0.2, -0.15) is 0 Å². The second kappa shape index (κ2) is 7.00. The zero-order chi connectivity index (χ0) is 13.5. The van der Waals surface area contributed by atoms with E-state index in [0.717, 1.165) is 18.8 Å². The molecule has 1 heterocycles. The van der Waals surface area contributed by atoms with Gasteiger partial charge >= 0.3 is 0 Å². The molecule has 102 valence electrons. The molecule has 1 atom stereocenters. The van der Waals surface area contributed by atoms with Gasteiger partial charge in [0.25, 0.3) is 0 Å². The first kappa shape index (κ1) is 14.5. The fourth-order valence-corrected chi connectivity index (χ4v) is 1.61. The molecule has 0 aliphatic heterocycles. The minimum absolute atomic E-state index is 0.320. The van der Waals surface area contributed by atoms with Crippen molar-refractivity contribution in [1.29, 1.82) is 0 Å². The van der Waals surface area contributed by atoms with Crippen LogP contribution in [0.2, 0.25) is 0 Å². The van der Waals surface area contributed by atoms with Gasteiger partial charge in [-0.3, -0.25) is 0 Å². The summed E-state index contributed by atoms with van der Waals surface area (Å²) in [5.74, 6) is 2.06. The fourth-order valence-electron chi connectivity index (χ4n) is 1.61. The third-order valence-corrected chi connectivity index (χ3v) is 2.64. The third kappa shape index (κ3) is 4.03. The summed E-state index contributed by atoms with van der Waals surface area (Å²) >= 11 is 0. The molecule has 1 unspecified atom stereocenters. The van der Waals surface area contributed by atoms with E-state index >= 15 is 0 Å². The second-order valence-electron chi connectivity index (χ2n) is 4.49. The molecule has 6 nitrogen and oxygen atoms in total. The quantitative estimate of drug-likeness (QED) is 0.763. The molecule has 0 saturated heterocycles. The zero-order valence-corrected chi connectivity index (χ0v) is 11.8. The van der Waals surface area contributed by atoms with Crippen LogP contribution in [0.5, 0.6) is 5.75 Å². The molecule has 0 fully saturated rings. The van der Waals surface area contributed by atoms with Crippen molar-refractivity contribution in [2.45, 2.75) is 19.4 Å². The predicted octanol–water partition coefficient (Wildman–Crippen LogP) is 1.28. The summed E-state index contributed by atoms with van der Waals surface area (Å²) in [5, 5.41) is 6.33. The summed E-state index contributed by atoms with van der Waals surface area (Å²) in [4.78, 5) is 10.5. The molecule has 1 aromatic heterocycles. The Morgan fingerprint density at radius 3 is 2.56 bits per heavy atom. The van der Waals surface area contributed by atoms with Gasteiger partial charge in [-0.25, -0.2) is 9.97 Å². The van der Waals surface area contributed by atoms with Crippen molar-refractivity contribution in [3.05, 3.63) is 6.33 Å². The van der Waals surface area contributed by atoms with Crippen LogP contribution in [0, 0.1) is 0 Å². The summed E-state index contributed by atoms with van der Waals surface area (Å²) in [6.07, 6.45) is 2.56. The number of nitrogens with one attached hydrogen (secondary N) is 2. The molecule has 0 saturated carbocycles. The second-order valence-corrected chi connectivity index (χ2v) is 4.49. The largest absolute Gasteiger partial charge is 0.490 e. The van der Waals surface area contributed by atoms with E-state index in [1.807, 2.05) is 7.05 Å². The molecular formula is C12H23N5O. The highest BCUT2D eigenvalue weighted by atomic mass is 16.5. The number of nitrogens with zero attached hydrogens (tertiary/aromatic N) is 3. The number of methoxy groups -OCH3 is 1. The molecule has 1 rings (SSSR count). The predicted molar refractivity (Wildman–Crippen MR) is 74.4 cm³/mol. The lowest BCUT2D eigenvalue weighted by Gasteiger charge is -2.19. The number of ether oxygens (including phenoxy) is 1.